The Hall–Kier alpha value is -3.31. The van der Waals surface area contributed by atoms with Crippen molar-refractivity contribution in [2.24, 2.45) is 11.0 Å². The molecular formula is C21H25N5O2. The molecule has 0 aliphatic heterocycles. The Bertz CT molecular complexity index is 817. The number of hydrogen-bond donors (Lipinski definition) is 1. The Morgan fingerprint density at radius 2 is 1.68 bits per heavy atom. The van der Waals surface area contributed by atoms with Gasteiger partial charge in [0.2, 0.25) is 5.91 Å². The smallest absolute Gasteiger partial charge is 0.254 e. The summed E-state index contributed by atoms with van der Waals surface area (Å²) in [6, 6.07) is 17.7. The minimum absolute atomic E-state index is 0.101. The van der Waals surface area contributed by atoms with Crippen molar-refractivity contribution in [3.8, 4) is 0 Å². The molecular weight excluding hydrogens is 354 g/mol. The predicted octanol–water partition coefficient (Wildman–Crippen LogP) is 3.78. The van der Waals surface area contributed by atoms with E-state index in [1.807, 2.05) is 50.2 Å². The molecule has 0 spiro atoms. The van der Waals surface area contributed by atoms with Crippen LogP contribution in [0.4, 0.5) is 0 Å². The first-order valence-electron chi connectivity index (χ1n) is 9.23. The summed E-state index contributed by atoms with van der Waals surface area (Å²) < 4.78 is 0. The van der Waals surface area contributed by atoms with Gasteiger partial charge in [-0.05, 0) is 29.1 Å². The minimum atomic E-state index is -0.676. The van der Waals surface area contributed by atoms with Gasteiger partial charge < -0.3 is 10.2 Å². The Kier molecular flexibility index (Phi) is 8.06. The quantitative estimate of drug-likeness (QED) is 0.407. The zero-order valence-corrected chi connectivity index (χ0v) is 16.2. The number of azide groups is 1. The molecule has 0 heterocycles. The average molecular weight is 379 g/mol. The van der Waals surface area contributed by atoms with Gasteiger partial charge in [0.05, 0.1) is 0 Å². The van der Waals surface area contributed by atoms with Crippen LogP contribution in [0.3, 0.4) is 0 Å². The van der Waals surface area contributed by atoms with E-state index in [9.17, 15) is 9.59 Å². The molecule has 0 aliphatic carbocycles. The van der Waals surface area contributed by atoms with Crippen LogP contribution in [-0.2, 0) is 11.3 Å². The monoisotopic (exact) mass is 379 g/mol. The highest BCUT2D eigenvalue weighted by Gasteiger charge is 2.32. The Labute approximate surface area is 165 Å². The summed E-state index contributed by atoms with van der Waals surface area (Å²) in [6.45, 7) is 4.44. The van der Waals surface area contributed by atoms with Gasteiger partial charge in [-0.15, -0.1) is 0 Å². The van der Waals surface area contributed by atoms with Crippen LogP contribution in [-0.4, -0.2) is 35.8 Å². The van der Waals surface area contributed by atoms with Crippen LogP contribution in [0.2, 0.25) is 0 Å². The summed E-state index contributed by atoms with van der Waals surface area (Å²) >= 11 is 0. The van der Waals surface area contributed by atoms with E-state index < -0.39 is 6.04 Å². The van der Waals surface area contributed by atoms with Crippen molar-refractivity contribution >= 4 is 11.8 Å². The van der Waals surface area contributed by atoms with Crippen LogP contribution >= 0.6 is 0 Å². The standard InChI is InChI=1S/C21H25N5O2/c1-16(2)19(20(27)23-15-17-9-5-3-6-10-17)26(14-13-24-25-22)21(28)18-11-7-4-8-12-18/h3-12,16,19H,13-15H2,1-2H3,(H,23,27). The number of nitrogens with zero attached hydrogens (tertiary/aromatic N) is 4. The number of hydrogen-bond acceptors (Lipinski definition) is 3. The lowest BCUT2D eigenvalue weighted by atomic mass is 10.00. The van der Waals surface area contributed by atoms with Crippen molar-refractivity contribution in [3.05, 3.63) is 82.2 Å². The molecule has 0 fully saturated rings. The van der Waals surface area contributed by atoms with E-state index in [2.05, 4.69) is 15.3 Å². The van der Waals surface area contributed by atoms with Crippen molar-refractivity contribution < 1.29 is 9.59 Å². The van der Waals surface area contributed by atoms with E-state index in [-0.39, 0.29) is 30.8 Å². The number of carbonyl (C=O) groups excluding carboxylic acids is 2. The maximum absolute atomic E-state index is 13.1. The molecule has 2 aromatic rings. The van der Waals surface area contributed by atoms with E-state index in [0.29, 0.717) is 12.1 Å². The highest BCUT2D eigenvalue weighted by atomic mass is 16.2. The average Bonchev–Trinajstić information content (AvgIpc) is 2.72. The largest absolute Gasteiger partial charge is 0.350 e. The van der Waals surface area contributed by atoms with E-state index in [1.165, 1.54) is 4.90 Å². The van der Waals surface area contributed by atoms with Crippen molar-refractivity contribution in [1.29, 1.82) is 0 Å². The third kappa shape index (κ3) is 5.86. The molecule has 7 nitrogen and oxygen atoms in total. The molecule has 1 N–H and O–H groups in total. The molecule has 1 atom stereocenters. The molecule has 0 aromatic heterocycles. The minimum Gasteiger partial charge on any atom is -0.350 e. The fraction of sp³-hybridized carbons (Fsp3) is 0.333. The first-order valence-corrected chi connectivity index (χ1v) is 9.23. The number of benzene rings is 2. The van der Waals surface area contributed by atoms with Crippen LogP contribution in [0, 0.1) is 5.92 Å². The summed E-state index contributed by atoms with van der Waals surface area (Å²) in [5.74, 6) is -0.610. The van der Waals surface area contributed by atoms with Gasteiger partial charge in [-0.25, -0.2) is 0 Å². The SMILES string of the molecule is CC(C)C(C(=O)NCc1ccccc1)N(CCN=[N+]=[N-])C(=O)c1ccccc1. The first-order chi connectivity index (χ1) is 13.5. The van der Waals surface area contributed by atoms with Gasteiger partial charge in [0.1, 0.15) is 6.04 Å². The summed E-state index contributed by atoms with van der Waals surface area (Å²) in [7, 11) is 0. The number of nitrogens with one attached hydrogen (secondary N) is 1. The van der Waals surface area contributed by atoms with Gasteiger partial charge in [0.15, 0.2) is 0 Å². The second kappa shape index (κ2) is 10.7. The Balaban J connectivity index is 2.22. The van der Waals surface area contributed by atoms with Gasteiger partial charge in [0.25, 0.3) is 5.91 Å². The van der Waals surface area contributed by atoms with Gasteiger partial charge in [-0.2, -0.15) is 0 Å². The maximum atomic E-state index is 13.1. The molecule has 0 saturated heterocycles. The third-order valence-electron chi connectivity index (χ3n) is 4.33. The summed E-state index contributed by atoms with van der Waals surface area (Å²) in [5, 5.41) is 6.46. The molecule has 2 rings (SSSR count). The second-order valence-corrected chi connectivity index (χ2v) is 6.71. The van der Waals surface area contributed by atoms with Crippen LogP contribution in [0.15, 0.2) is 65.8 Å². The van der Waals surface area contributed by atoms with E-state index in [1.54, 1.807) is 24.3 Å². The van der Waals surface area contributed by atoms with Crippen LogP contribution in [0.5, 0.6) is 0 Å². The molecule has 2 aromatic carbocycles. The van der Waals surface area contributed by atoms with Crippen molar-refractivity contribution in [2.75, 3.05) is 13.1 Å². The number of rotatable bonds is 9. The van der Waals surface area contributed by atoms with Gasteiger partial charge in [-0.1, -0.05) is 67.5 Å². The Morgan fingerprint density at radius 3 is 2.25 bits per heavy atom. The topological polar surface area (TPSA) is 98.2 Å². The Morgan fingerprint density at radius 1 is 1.07 bits per heavy atom. The first kappa shape index (κ1) is 21.0. The van der Waals surface area contributed by atoms with Gasteiger partial charge >= 0.3 is 0 Å². The van der Waals surface area contributed by atoms with Crippen LogP contribution in [0.25, 0.3) is 10.4 Å². The molecule has 2 amide bonds. The molecule has 0 aliphatic rings. The molecule has 7 heteroatoms. The fourth-order valence-corrected chi connectivity index (χ4v) is 3.00. The van der Waals surface area contributed by atoms with E-state index in [4.69, 9.17) is 5.53 Å². The van der Waals surface area contributed by atoms with E-state index in [0.717, 1.165) is 5.56 Å². The summed E-state index contributed by atoms with van der Waals surface area (Å²) in [5.41, 5.74) is 10.0. The highest BCUT2D eigenvalue weighted by molar-refractivity contribution is 5.97. The number of amides is 2. The van der Waals surface area contributed by atoms with Crippen molar-refractivity contribution in [3.63, 3.8) is 0 Å². The van der Waals surface area contributed by atoms with Crippen molar-refractivity contribution in [2.45, 2.75) is 26.4 Å². The summed E-state index contributed by atoms with van der Waals surface area (Å²) in [4.78, 5) is 30.3. The lowest BCUT2D eigenvalue weighted by molar-refractivity contribution is -0.127. The molecule has 1 unspecified atom stereocenters. The predicted molar refractivity (Wildman–Crippen MR) is 108 cm³/mol. The molecule has 146 valence electrons. The van der Waals surface area contributed by atoms with E-state index >= 15 is 0 Å². The van der Waals surface area contributed by atoms with Gasteiger partial charge in [0, 0.05) is 30.1 Å². The third-order valence-corrected chi connectivity index (χ3v) is 4.33. The number of carbonyl (C=O) groups is 2. The molecule has 28 heavy (non-hydrogen) atoms. The highest BCUT2D eigenvalue weighted by Crippen LogP contribution is 2.16. The van der Waals surface area contributed by atoms with Gasteiger partial charge in [-0.3, -0.25) is 9.59 Å². The lowest BCUT2D eigenvalue weighted by Crippen LogP contribution is -2.53. The molecule has 0 saturated carbocycles. The maximum Gasteiger partial charge on any atom is 0.254 e. The lowest BCUT2D eigenvalue weighted by Gasteiger charge is -2.33. The zero-order chi connectivity index (χ0) is 20.4. The second-order valence-electron chi connectivity index (χ2n) is 6.71. The fourth-order valence-electron chi connectivity index (χ4n) is 3.00. The zero-order valence-electron chi connectivity index (χ0n) is 16.2. The normalized spacial score (nSPS) is 11.4. The summed E-state index contributed by atoms with van der Waals surface area (Å²) in [6.07, 6.45) is 0. The molecule has 0 bridgehead atoms. The molecule has 0 radical (unpaired) electrons. The van der Waals surface area contributed by atoms with Crippen LogP contribution < -0.4 is 5.32 Å². The van der Waals surface area contributed by atoms with Crippen molar-refractivity contribution in [1.82, 2.24) is 10.2 Å². The van der Waals surface area contributed by atoms with Crippen LogP contribution in [0.1, 0.15) is 29.8 Å².